The molecule has 2 fully saturated rings. The smallest absolute Gasteiger partial charge is 0.0710 e. The molecule has 0 radical (unpaired) electrons. The molecule has 2 aliphatic heterocycles. The van der Waals surface area contributed by atoms with Crippen LogP contribution in [0.3, 0.4) is 0 Å². The predicted molar refractivity (Wildman–Crippen MR) is 56.1 cm³/mol. The molecular formula is C9H18N2OS. The van der Waals surface area contributed by atoms with Gasteiger partial charge in [0, 0.05) is 38.2 Å². The van der Waals surface area contributed by atoms with Crippen molar-refractivity contribution in [2.45, 2.75) is 18.1 Å². The molecule has 2 N–H and O–H groups in total. The molecule has 0 aliphatic carbocycles. The van der Waals surface area contributed by atoms with Crippen molar-refractivity contribution in [3.63, 3.8) is 0 Å². The highest BCUT2D eigenvalue weighted by Gasteiger charge is 2.44. The van der Waals surface area contributed by atoms with E-state index in [1.54, 1.807) is 7.11 Å². The van der Waals surface area contributed by atoms with Gasteiger partial charge < -0.3 is 10.5 Å². The van der Waals surface area contributed by atoms with Gasteiger partial charge in [0.2, 0.25) is 0 Å². The molecule has 2 rings (SSSR count). The molecule has 0 amide bonds. The van der Waals surface area contributed by atoms with Crippen molar-refractivity contribution in [3.05, 3.63) is 0 Å². The molecule has 76 valence electrons. The first-order valence-corrected chi connectivity index (χ1v) is 6.02. The van der Waals surface area contributed by atoms with Gasteiger partial charge in [-0.05, 0) is 6.42 Å². The van der Waals surface area contributed by atoms with E-state index in [9.17, 15) is 0 Å². The van der Waals surface area contributed by atoms with Crippen LogP contribution in [0.5, 0.6) is 0 Å². The number of nitrogens with two attached hydrogens (primary N) is 1. The van der Waals surface area contributed by atoms with E-state index >= 15 is 0 Å². The Bertz CT molecular complexity index is 179. The van der Waals surface area contributed by atoms with E-state index < -0.39 is 0 Å². The second-order valence-electron chi connectivity index (χ2n) is 4.01. The fourth-order valence-corrected chi connectivity index (χ4v) is 3.39. The maximum Gasteiger partial charge on any atom is 0.0710 e. The van der Waals surface area contributed by atoms with E-state index in [1.165, 1.54) is 17.9 Å². The first-order valence-electron chi connectivity index (χ1n) is 4.86. The Balaban J connectivity index is 1.94. The van der Waals surface area contributed by atoms with Crippen LogP contribution < -0.4 is 5.73 Å². The monoisotopic (exact) mass is 202 g/mol. The fraction of sp³-hybridized carbons (Fsp3) is 1.00. The molecule has 1 atom stereocenters. The highest BCUT2D eigenvalue weighted by Crippen LogP contribution is 2.36. The van der Waals surface area contributed by atoms with Crippen molar-refractivity contribution in [2.75, 3.05) is 38.2 Å². The number of rotatable bonds is 3. The first-order chi connectivity index (χ1) is 6.30. The Labute approximate surface area is 84.0 Å². The molecule has 0 bridgehead atoms. The maximum atomic E-state index is 5.84. The Morgan fingerprint density at radius 1 is 1.62 bits per heavy atom. The predicted octanol–water partition coefficient (Wildman–Crippen LogP) is 0.151. The van der Waals surface area contributed by atoms with Gasteiger partial charge in [-0.2, -0.15) is 11.8 Å². The number of hydrogen-bond acceptors (Lipinski definition) is 4. The molecule has 0 aromatic carbocycles. The summed E-state index contributed by atoms with van der Waals surface area (Å²) in [6.07, 6.45) is 1.61. The molecule has 2 saturated heterocycles. The average Bonchev–Trinajstić information content (AvgIpc) is 2.52. The van der Waals surface area contributed by atoms with Crippen molar-refractivity contribution in [1.29, 1.82) is 0 Å². The lowest BCUT2D eigenvalue weighted by Crippen LogP contribution is -2.62. The van der Waals surface area contributed by atoms with Crippen LogP contribution in [0.1, 0.15) is 6.42 Å². The molecule has 0 aromatic rings. The lowest BCUT2D eigenvalue weighted by Gasteiger charge is -2.47. The van der Waals surface area contributed by atoms with Crippen LogP contribution in [0, 0.1) is 0 Å². The van der Waals surface area contributed by atoms with Crippen molar-refractivity contribution >= 4 is 11.8 Å². The molecule has 0 aromatic heterocycles. The van der Waals surface area contributed by atoms with E-state index in [4.69, 9.17) is 10.5 Å². The van der Waals surface area contributed by atoms with Gasteiger partial charge in [0.25, 0.3) is 0 Å². The summed E-state index contributed by atoms with van der Waals surface area (Å²) in [5.41, 5.74) is 6.16. The standard InChI is InChI=1S/C9H18N2OS/c1-12-8-2-3-11(4-8)9(5-10)6-13-7-9/h8H,2-7,10H2,1H3. The molecule has 13 heavy (non-hydrogen) atoms. The van der Waals surface area contributed by atoms with Crippen LogP contribution in [0.25, 0.3) is 0 Å². The van der Waals surface area contributed by atoms with Gasteiger partial charge in [-0.15, -0.1) is 0 Å². The summed E-state index contributed by atoms with van der Waals surface area (Å²) in [6.45, 7) is 3.04. The molecular weight excluding hydrogens is 184 g/mol. The molecule has 0 saturated carbocycles. The summed E-state index contributed by atoms with van der Waals surface area (Å²) in [7, 11) is 1.80. The number of thioether (sulfide) groups is 1. The van der Waals surface area contributed by atoms with Gasteiger partial charge in [0.05, 0.1) is 11.6 Å². The minimum absolute atomic E-state index is 0.317. The third-order valence-corrected chi connectivity index (χ3v) is 4.75. The lowest BCUT2D eigenvalue weighted by molar-refractivity contribution is 0.0858. The topological polar surface area (TPSA) is 38.5 Å². The lowest BCUT2D eigenvalue weighted by atomic mass is 10.0. The third kappa shape index (κ3) is 1.61. The van der Waals surface area contributed by atoms with Crippen LogP contribution in [-0.2, 0) is 4.74 Å². The van der Waals surface area contributed by atoms with Gasteiger partial charge in [-0.1, -0.05) is 0 Å². The summed E-state index contributed by atoms with van der Waals surface area (Å²) in [6, 6.07) is 0. The second-order valence-corrected chi connectivity index (χ2v) is 5.00. The number of likely N-dealkylation sites (tertiary alicyclic amines) is 1. The van der Waals surface area contributed by atoms with E-state index in [0.717, 1.165) is 19.6 Å². The largest absolute Gasteiger partial charge is 0.380 e. The van der Waals surface area contributed by atoms with Crippen molar-refractivity contribution in [3.8, 4) is 0 Å². The Kier molecular flexibility index (Phi) is 2.83. The van der Waals surface area contributed by atoms with Crippen LogP contribution in [0.15, 0.2) is 0 Å². The van der Waals surface area contributed by atoms with Gasteiger partial charge in [0.15, 0.2) is 0 Å². The molecule has 0 spiro atoms. The number of nitrogens with zero attached hydrogens (tertiary/aromatic N) is 1. The Morgan fingerprint density at radius 3 is 2.77 bits per heavy atom. The average molecular weight is 202 g/mol. The SMILES string of the molecule is COC1CCN(C2(CN)CSC2)C1. The first kappa shape index (κ1) is 9.77. The molecule has 3 nitrogen and oxygen atoms in total. The Morgan fingerprint density at radius 2 is 2.38 bits per heavy atom. The zero-order valence-corrected chi connectivity index (χ0v) is 8.98. The van der Waals surface area contributed by atoms with Crippen molar-refractivity contribution < 1.29 is 4.74 Å². The highest BCUT2D eigenvalue weighted by molar-refractivity contribution is 8.00. The summed E-state index contributed by atoms with van der Waals surface area (Å²) >= 11 is 2.00. The summed E-state index contributed by atoms with van der Waals surface area (Å²) in [4.78, 5) is 2.53. The summed E-state index contributed by atoms with van der Waals surface area (Å²) in [5, 5.41) is 0. The number of methoxy groups -OCH3 is 1. The maximum absolute atomic E-state index is 5.84. The van der Waals surface area contributed by atoms with E-state index in [0.29, 0.717) is 11.6 Å². The van der Waals surface area contributed by atoms with Gasteiger partial charge in [-0.25, -0.2) is 0 Å². The van der Waals surface area contributed by atoms with Crippen molar-refractivity contribution in [2.24, 2.45) is 5.73 Å². The normalized spacial score (nSPS) is 33.2. The van der Waals surface area contributed by atoms with Gasteiger partial charge >= 0.3 is 0 Å². The van der Waals surface area contributed by atoms with E-state index in [-0.39, 0.29) is 0 Å². The van der Waals surface area contributed by atoms with Gasteiger partial charge in [0.1, 0.15) is 0 Å². The molecule has 1 unspecified atom stereocenters. The molecule has 2 aliphatic rings. The quantitative estimate of drug-likeness (QED) is 0.707. The van der Waals surface area contributed by atoms with Crippen LogP contribution in [0.4, 0.5) is 0 Å². The molecule has 4 heteroatoms. The zero-order chi connectivity index (χ0) is 9.31. The summed E-state index contributed by atoms with van der Waals surface area (Å²) in [5.74, 6) is 2.42. The van der Waals surface area contributed by atoms with Crippen LogP contribution >= 0.6 is 11.8 Å². The molecule has 2 heterocycles. The van der Waals surface area contributed by atoms with Gasteiger partial charge in [-0.3, -0.25) is 4.90 Å². The minimum Gasteiger partial charge on any atom is -0.380 e. The minimum atomic E-state index is 0.317. The number of hydrogen-bond donors (Lipinski definition) is 1. The van der Waals surface area contributed by atoms with Crippen LogP contribution in [0.2, 0.25) is 0 Å². The zero-order valence-electron chi connectivity index (χ0n) is 8.16. The highest BCUT2D eigenvalue weighted by atomic mass is 32.2. The number of ether oxygens (including phenoxy) is 1. The van der Waals surface area contributed by atoms with Crippen LogP contribution in [-0.4, -0.2) is 54.8 Å². The van der Waals surface area contributed by atoms with E-state index in [1.807, 2.05) is 11.8 Å². The Hall–Kier alpha value is 0.230. The van der Waals surface area contributed by atoms with Crippen molar-refractivity contribution in [1.82, 2.24) is 4.90 Å². The summed E-state index contributed by atoms with van der Waals surface area (Å²) < 4.78 is 5.36. The second kappa shape index (κ2) is 3.77. The third-order valence-electron chi connectivity index (χ3n) is 3.27. The fourth-order valence-electron chi connectivity index (χ4n) is 2.12. The van der Waals surface area contributed by atoms with E-state index in [2.05, 4.69) is 4.90 Å².